The van der Waals surface area contributed by atoms with Gasteiger partial charge in [0.25, 0.3) is 0 Å². The van der Waals surface area contributed by atoms with Crippen molar-refractivity contribution >= 4 is 5.69 Å². The van der Waals surface area contributed by atoms with E-state index in [-0.39, 0.29) is 6.61 Å². The molecule has 0 aromatic heterocycles. The average molecular weight is 247 g/mol. The predicted molar refractivity (Wildman–Crippen MR) is 73.5 cm³/mol. The molecule has 1 aromatic rings. The first-order valence-electron chi connectivity index (χ1n) is 7.11. The fourth-order valence-corrected chi connectivity index (χ4v) is 3.41. The summed E-state index contributed by atoms with van der Waals surface area (Å²) in [6, 6.07) is 8.35. The molecule has 2 heterocycles. The Morgan fingerprint density at radius 1 is 0.944 bits per heavy atom. The molecular weight excluding hydrogens is 224 g/mol. The molecule has 98 valence electrons. The molecule has 2 aliphatic rings. The van der Waals surface area contributed by atoms with Crippen LogP contribution in [0, 0.1) is 0 Å². The van der Waals surface area contributed by atoms with E-state index >= 15 is 0 Å². The maximum atomic E-state index is 9.06. The van der Waals surface area contributed by atoms with Crippen molar-refractivity contribution in [2.24, 2.45) is 0 Å². The normalized spacial score (nSPS) is 22.6. The van der Waals surface area contributed by atoms with E-state index in [4.69, 9.17) is 5.11 Å². The van der Waals surface area contributed by atoms with Crippen LogP contribution in [-0.4, -0.2) is 48.9 Å². The van der Waals surface area contributed by atoms with Gasteiger partial charge < -0.3 is 14.5 Å². The van der Waals surface area contributed by atoms with Gasteiger partial charge >= 0.3 is 0 Å². The maximum Gasteiger partial charge on any atom is 0.0965 e. The zero-order chi connectivity index (χ0) is 12.4. The summed E-state index contributed by atoms with van der Waals surface area (Å²) in [7, 11) is 0. The van der Waals surface area contributed by atoms with Crippen LogP contribution in [0.1, 0.15) is 18.4 Å². The Bertz CT molecular complexity index is 385. The highest BCUT2D eigenvalue weighted by Crippen LogP contribution is 2.25. The van der Waals surface area contributed by atoms with Crippen molar-refractivity contribution in [3.63, 3.8) is 0 Å². The number of hydrogen-bond acceptors (Lipinski definition) is 2. The van der Waals surface area contributed by atoms with E-state index in [1.807, 2.05) is 12.1 Å². The van der Waals surface area contributed by atoms with Crippen LogP contribution in [0.5, 0.6) is 0 Å². The molecule has 3 nitrogen and oxygen atoms in total. The van der Waals surface area contributed by atoms with Crippen molar-refractivity contribution in [2.45, 2.75) is 19.4 Å². The molecule has 3 heteroatoms. The topological polar surface area (TPSA) is 23.5 Å². The Hall–Kier alpha value is -1.06. The fourth-order valence-electron chi connectivity index (χ4n) is 3.41. The molecule has 2 fully saturated rings. The van der Waals surface area contributed by atoms with E-state index in [1.54, 1.807) is 0 Å². The number of benzene rings is 1. The van der Waals surface area contributed by atoms with Crippen molar-refractivity contribution in [3.8, 4) is 0 Å². The molecule has 2 aliphatic heterocycles. The van der Waals surface area contributed by atoms with Gasteiger partial charge in [-0.25, -0.2) is 0 Å². The second-order valence-corrected chi connectivity index (χ2v) is 5.75. The van der Waals surface area contributed by atoms with Gasteiger partial charge in [0.15, 0.2) is 0 Å². The van der Waals surface area contributed by atoms with Crippen molar-refractivity contribution < 1.29 is 9.59 Å². The summed E-state index contributed by atoms with van der Waals surface area (Å²) in [5, 5.41) is 9.06. The maximum absolute atomic E-state index is 9.06. The molecule has 2 saturated heterocycles. The molecule has 0 aliphatic carbocycles. The monoisotopic (exact) mass is 247 g/mol. The molecule has 1 spiro atoms. The van der Waals surface area contributed by atoms with Gasteiger partial charge in [-0.3, -0.25) is 0 Å². The number of quaternary nitrogens is 1. The van der Waals surface area contributed by atoms with Crippen LogP contribution in [0.25, 0.3) is 0 Å². The summed E-state index contributed by atoms with van der Waals surface area (Å²) < 4.78 is 1.37. The van der Waals surface area contributed by atoms with Gasteiger partial charge in [-0.05, 0) is 17.7 Å². The quantitative estimate of drug-likeness (QED) is 0.803. The predicted octanol–water partition coefficient (Wildman–Crippen LogP) is 1.61. The molecule has 0 bridgehead atoms. The zero-order valence-corrected chi connectivity index (χ0v) is 11.0. The highest BCUT2D eigenvalue weighted by Gasteiger charge is 2.35. The Morgan fingerprint density at radius 2 is 1.56 bits per heavy atom. The van der Waals surface area contributed by atoms with Crippen LogP contribution >= 0.6 is 0 Å². The Labute approximate surface area is 109 Å². The molecule has 0 unspecified atom stereocenters. The second-order valence-electron chi connectivity index (χ2n) is 5.75. The summed E-state index contributed by atoms with van der Waals surface area (Å²) in [5.41, 5.74) is 2.31. The van der Waals surface area contributed by atoms with Crippen molar-refractivity contribution in [1.82, 2.24) is 0 Å². The lowest BCUT2D eigenvalue weighted by Crippen LogP contribution is -2.58. The third-order valence-electron chi connectivity index (χ3n) is 4.69. The number of hydrogen-bond donors (Lipinski definition) is 1. The van der Waals surface area contributed by atoms with E-state index in [0.29, 0.717) is 0 Å². The average Bonchev–Trinajstić information content (AvgIpc) is 2.88. The van der Waals surface area contributed by atoms with Crippen LogP contribution in [0.4, 0.5) is 5.69 Å². The number of aliphatic hydroxyl groups is 1. The molecule has 0 atom stereocenters. The summed E-state index contributed by atoms with van der Waals surface area (Å²) in [6.45, 7) is 7.91. The highest BCUT2D eigenvalue weighted by molar-refractivity contribution is 5.47. The standard InChI is InChI=1S/C15H23N2O/c18-13-14-3-5-15(6-4-14)16-7-11-17(12-8-16)9-1-2-10-17/h3-6,18H,1-2,7-13H2/q+1. The van der Waals surface area contributed by atoms with Gasteiger partial charge in [-0.2, -0.15) is 0 Å². The van der Waals surface area contributed by atoms with Crippen LogP contribution < -0.4 is 4.90 Å². The van der Waals surface area contributed by atoms with Crippen LogP contribution in [0.3, 0.4) is 0 Å². The van der Waals surface area contributed by atoms with Crippen LogP contribution in [-0.2, 0) is 6.61 Å². The van der Waals surface area contributed by atoms with Gasteiger partial charge in [0.2, 0.25) is 0 Å². The summed E-state index contributed by atoms with van der Waals surface area (Å²) in [6.07, 6.45) is 2.84. The van der Waals surface area contributed by atoms with E-state index in [2.05, 4.69) is 17.0 Å². The fraction of sp³-hybridized carbons (Fsp3) is 0.600. The van der Waals surface area contributed by atoms with Crippen molar-refractivity contribution in [2.75, 3.05) is 44.2 Å². The number of aliphatic hydroxyl groups excluding tert-OH is 1. The molecule has 1 aromatic carbocycles. The van der Waals surface area contributed by atoms with Gasteiger partial charge in [-0.1, -0.05) is 12.1 Å². The third kappa shape index (κ3) is 2.25. The van der Waals surface area contributed by atoms with E-state index < -0.39 is 0 Å². The minimum Gasteiger partial charge on any atom is -0.392 e. The lowest BCUT2D eigenvalue weighted by atomic mass is 10.1. The molecule has 18 heavy (non-hydrogen) atoms. The van der Waals surface area contributed by atoms with Crippen molar-refractivity contribution in [1.29, 1.82) is 0 Å². The summed E-state index contributed by atoms with van der Waals surface area (Å²) in [5.74, 6) is 0. The molecular formula is C15H23N2O+. The SMILES string of the molecule is OCc1ccc(N2CC[N+]3(CCCC3)CC2)cc1. The number of rotatable bonds is 2. The smallest absolute Gasteiger partial charge is 0.0965 e. The minimum absolute atomic E-state index is 0.139. The van der Waals surface area contributed by atoms with Gasteiger partial charge in [0, 0.05) is 18.5 Å². The van der Waals surface area contributed by atoms with Crippen LogP contribution in [0.2, 0.25) is 0 Å². The molecule has 1 N–H and O–H groups in total. The molecule has 0 radical (unpaired) electrons. The highest BCUT2D eigenvalue weighted by atomic mass is 16.3. The second kappa shape index (κ2) is 4.90. The van der Waals surface area contributed by atoms with E-state index in [0.717, 1.165) is 5.56 Å². The lowest BCUT2D eigenvalue weighted by molar-refractivity contribution is -0.917. The van der Waals surface area contributed by atoms with Gasteiger partial charge in [-0.15, -0.1) is 0 Å². The molecule has 0 amide bonds. The molecule has 0 saturated carbocycles. The first kappa shape index (κ1) is 12.0. The lowest BCUT2D eigenvalue weighted by Gasteiger charge is -2.42. The molecule has 3 rings (SSSR count). The van der Waals surface area contributed by atoms with Crippen molar-refractivity contribution in [3.05, 3.63) is 29.8 Å². The van der Waals surface area contributed by atoms with E-state index in [1.165, 1.54) is 62.3 Å². The Kier molecular flexibility index (Phi) is 3.27. The zero-order valence-electron chi connectivity index (χ0n) is 11.0. The van der Waals surface area contributed by atoms with E-state index in [9.17, 15) is 0 Å². The first-order chi connectivity index (χ1) is 8.81. The van der Waals surface area contributed by atoms with Crippen LogP contribution in [0.15, 0.2) is 24.3 Å². The largest absolute Gasteiger partial charge is 0.392 e. The summed E-state index contributed by atoms with van der Waals surface area (Å²) in [4.78, 5) is 2.49. The Balaban J connectivity index is 1.64. The minimum atomic E-state index is 0.139. The number of anilines is 1. The number of nitrogens with zero attached hydrogens (tertiary/aromatic N) is 2. The van der Waals surface area contributed by atoms with Gasteiger partial charge in [0.1, 0.15) is 0 Å². The summed E-state index contributed by atoms with van der Waals surface area (Å²) >= 11 is 0. The first-order valence-corrected chi connectivity index (χ1v) is 7.11. The third-order valence-corrected chi connectivity index (χ3v) is 4.69. The Morgan fingerprint density at radius 3 is 2.11 bits per heavy atom. The van der Waals surface area contributed by atoms with Gasteiger partial charge in [0.05, 0.1) is 45.9 Å². The number of piperazine rings is 1.